The normalized spacial score (nSPS) is 11.9. The van der Waals surface area contributed by atoms with Gasteiger partial charge in [-0.2, -0.15) is 8.78 Å². The molecule has 10 heavy (non-hydrogen) atoms. The minimum absolute atomic E-state index is 0.177. The van der Waals surface area contributed by atoms with Crippen molar-refractivity contribution in [3.8, 4) is 0 Å². The van der Waals surface area contributed by atoms with Crippen molar-refractivity contribution in [2.75, 3.05) is 5.73 Å². The third kappa shape index (κ3) is 1.41. The smallest absolute Gasteiger partial charge is 0.287 e. The maximum Gasteiger partial charge on any atom is 0.287 e. The van der Waals surface area contributed by atoms with Crippen LogP contribution in [0.25, 0.3) is 0 Å². The van der Waals surface area contributed by atoms with Crippen LogP contribution in [0.4, 0.5) is 13.9 Å². The molecule has 2 N–H and O–H groups in total. The highest BCUT2D eigenvalue weighted by atomic mass is 32.1. The van der Waals surface area contributed by atoms with Crippen LogP contribution in [0.3, 0.4) is 0 Å². The van der Waals surface area contributed by atoms with Gasteiger partial charge in [0.05, 0.1) is 0 Å². The van der Waals surface area contributed by atoms with Crippen LogP contribution in [0.15, 0.2) is 5.38 Å². The Morgan fingerprint density at radius 1 is 1.70 bits per heavy atom. The minimum atomic E-state index is -2.87. The molecule has 0 aromatic carbocycles. The summed E-state index contributed by atoms with van der Waals surface area (Å²) in [5, 5.41) is 1.44. The maximum atomic E-state index is 12.4. The van der Waals surface area contributed by atoms with Crippen molar-refractivity contribution in [2.24, 2.45) is 0 Å². The Bertz CT molecular complexity index is 228. The molecule has 0 radical (unpaired) electrons. The highest BCUT2D eigenvalue weighted by molar-refractivity contribution is 7.13. The molecule has 1 rings (SSSR count). The van der Waals surface area contributed by atoms with Crippen molar-refractivity contribution in [3.63, 3.8) is 0 Å². The van der Waals surface area contributed by atoms with Gasteiger partial charge in [-0.15, -0.1) is 11.3 Å². The zero-order chi connectivity index (χ0) is 7.78. The van der Waals surface area contributed by atoms with Crippen LogP contribution in [0.2, 0.25) is 0 Å². The molecule has 1 heterocycles. The van der Waals surface area contributed by atoms with Gasteiger partial charge < -0.3 is 5.73 Å². The van der Waals surface area contributed by atoms with E-state index in [0.717, 1.165) is 18.3 Å². The van der Waals surface area contributed by atoms with Gasteiger partial charge in [-0.3, -0.25) is 0 Å². The van der Waals surface area contributed by atoms with Gasteiger partial charge in [0.2, 0.25) is 0 Å². The quantitative estimate of drug-likeness (QED) is 0.687. The molecule has 2 nitrogen and oxygen atoms in total. The van der Waals surface area contributed by atoms with Gasteiger partial charge in [-0.25, -0.2) is 4.98 Å². The Balaban J connectivity index is 2.96. The summed E-state index contributed by atoms with van der Waals surface area (Å²) in [5.74, 6) is -2.87. The second-order valence-electron chi connectivity index (χ2n) is 1.96. The van der Waals surface area contributed by atoms with Gasteiger partial charge in [-0.1, -0.05) is 0 Å². The number of nitrogens with two attached hydrogens (primary N) is 1. The monoisotopic (exact) mass is 164 g/mol. The van der Waals surface area contributed by atoms with Gasteiger partial charge in [0.1, 0.15) is 5.69 Å². The van der Waals surface area contributed by atoms with Gasteiger partial charge in [0, 0.05) is 12.3 Å². The summed E-state index contributed by atoms with van der Waals surface area (Å²) >= 11 is 1.02. The standard InChI is InChI=1S/C5H6F2N2S/c1-5(6,7)3-2-10-4(8)9-3/h2H,1H3,(H2,8,9). The molecular weight excluding hydrogens is 158 g/mol. The number of alkyl halides is 2. The van der Waals surface area contributed by atoms with E-state index in [1.165, 1.54) is 5.38 Å². The van der Waals surface area contributed by atoms with Crippen molar-refractivity contribution in [1.29, 1.82) is 0 Å². The predicted octanol–water partition coefficient (Wildman–Crippen LogP) is 1.84. The molecule has 5 heteroatoms. The van der Waals surface area contributed by atoms with Gasteiger partial charge in [0.25, 0.3) is 5.92 Å². The average Bonchev–Trinajstić information content (AvgIpc) is 2.11. The third-order valence-electron chi connectivity index (χ3n) is 0.972. The van der Waals surface area contributed by atoms with Crippen molar-refractivity contribution in [1.82, 2.24) is 4.98 Å². The number of nitrogen functional groups attached to an aromatic ring is 1. The largest absolute Gasteiger partial charge is 0.375 e. The van der Waals surface area contributed by atoms with Crippen LogP contribution in [0.1, 0.15) is 12.6 Å². The number of halogens is 2. The molecular formula is C5H6F2N2S. The fourth-order valence-electron chi connectivity index (χ4n) is 0.489. The summed E-state index contributed by atoms with van der Waals surface area (Å²) in [5.41, 5.74) is 4.89. The summed E-state index contributed by atoms with van der Waals surface area (Å²) in [4.78, 5) is 3.43. The number of aromatic nitrogens is 1. The third-order valence-corrected chi connectivity index (χ3v) is 1.65. The number of anilines is 1. The van der Waals surface area contributed by atoms with E-state index in [9.17, 15) is 8.78 Å². The lowest BCUT2D eigenvalue weighted by atomic mass is 10.3. The molecule has 0 saturated heterocycles. The predicted molar refractivity (Wildman–Crippen MR) is 36.1 cm³/mol. The Morgan fingerprint density at radius 3 is 2.50 bits per heavy atom. The fourth-order valence-corrected chi connectivity index (χ4v) is 1.13. The SMILES string of the molecule is CC(F)(F)c1csc(N)n1. The molecule has 0 atom stereocenters. The molecule has 0 spiro atoms. The van der Waals surface area contributed by atoms with E-state index < -0.39 is 5.92 Å². The lowest BCUT2D eigenvalue weighted by Gasteiger charge is -2.03. The van der Waals surface area contributed by atoms with Crippen LogP contribution >= 0.6 is 11.3 Å². The summed E-state index contributed by atoms with van der Waals surface area (Å²) in [6.07, 6.45) is 0. The number of hydrogen-bond acceptors (Lipinski definition) is 3. The summed E-state index contributed by atoms with van der Waals surface area (Å²) in [6.45, 7) is 0.793. The summed E-state index contributed by atoms with van der Waals surface area (Å²) in [6, 6.07) is 0. The molecule has 0 unspecified atom stereocenters. The van der Waals surface area contributed by atoms with E-state index >= 15 is 0 Å². The van der Waals surface area contributed by atoms with Crippen molar-refractivity contribution >= 4 is 16.5 Å². The van der Waals surface area contributed by atoms with Crippen molar-refractivity contribution < 1.29 is 8.78 Å². The van der Waals surface area contributed by atoms with Crippen LogP contribution < -0.4 is 5.73 Å². The Hall–Kier alpha value is -0.710. The molecule has 0 aliphatic rings. The molecule has 56 valence electrons. The zero-order valence-corrected chi connectivity index (χ0v) is 6.08. The molecule has 0 saturated carbocycles. The molecule has 0 aliphatic carbocycles. The second-order valence-corrected chi connectivity index (χ2v) is 2.85. The molecule has 1 aromatic heterocycles. The van der Waals surface area contributed by atoms with E-state index in [2.05, 4.69) is 4.98 Å². The van der Waals surface area contributed by atoms with Crippen LogP contribution in [-0.2, 0) is 5.92 Å². The molecule has 0 bridgehead atoms. The summed E-state index contributed by atoms with van der Waals surface area (Å²) in [7, 11) is 0. The molecule has 1 aromatic rings. The van der Waals surface area contributed by atoms with Gasteiger partial charge in [-0.05, 0) is 0 Å². The van der Waals surface area contributed by atoms with Crippen LogP contribution in [0.5, 0.6) is 0 Å². The lowest BCUT2D eigenvalue weighted by molar-refractivity contribution is 0.0135. The first-order valence-corrected chi connectivity index (χ1v) is 3.47. The first-order valence-electron chi connectivity index (χ1n) is 2.59. The maximum absolute atomic E-state index is 12.4. The van der Waals surface area contributed by atoms with Gasteiger partial charge >= 0.3 is 0 Å². The fraction of sp³-hybridized carbons (Fsp3) is 0.400. The highest BCUT2D eigenvalue weighted by Gasteiger charge is 2.26. The first-order chi connectivity index (χ1) is 4.50. The molecule has 0 amide bonds. The van der Waals surface area contributed by atoms with Gasteiger partial charge in [0.15, 0.2) is 5.13 Å². The van der Waals surface area contributed by atoms with E-state index in [1.54, 1.807) is 0 Å². The Kier molecular flexibility index (Phi) is 1.60. The lowest BCUT2D eigenvalue weighted by Crippen LogP contribution is -2.07. The number of thiazole rings is 1. The number of nitrogens with zero attached hydrogens (tertiary/aromatic N) is 1. The second kappa shape index (κ2) is 2.16. The first kappa shape index (κ1) is 7.40. The Morgan fingerprint density at radius 2 is 2.30 bits per heavy atom. The minimum Gasteiger partial charge on any atom is -0.375 e. The zero-order valence-electron chi connectivity index (χ0n) is 5.27. The topological polar surface area (TPSA) is 38.9 Å². The van der Waals surface area contributed by atoms with Crippen LogP contribution in [-0.4, -0.2) is 4.98 Å². The average molecular weight is 164 g/mol. The van der Waals surface area contributed by atoms with E-state index in [4.69, 9.17) is 5.73 Å². The van der Waals surface area contributed by atoms with E-state index in [0.29, 0.717) is 0 Å². The number of rotatable bonds is 1. The summed E-state index contributed by atoms with van der Waals surface area (Å²) < 4.78 is 24.7. The highest BCUT2D eigenvalue weighted by Crippen LogP contribution is 2.28. The van der Waals surface area contributed by atoms with E-state index in [-0.39, 0.29) is 10.8 Å². The molecule has 0 aliphatic heterocycles. The van der Waals surface area contributed by atoms with Crippen molar-refractivity contribution in [2.45, 2.75) is 12.8 Å². The van der Waals surface area contributed by atoms with Crippen LogP contribution in [0, 0.1) is 0 Å². The van der Waals surface area contributed by atoms with E-state index in [1.807, 2.05) is 0 Å². The number of hydrogen-bond donors (Lipinski definition) is 1. The molecule has 0 fully saturated rings. The Labute approximate surface area is 60.7 Å². The van der Waals surface area contributed by atoms with Crippen molar-refractivity contribution in [3.05, 3.63) is 11.1 Å².